The summed E-state index contributed by atoms with van der Waals surface area (Å²) < 4.78 is 0. The van der Waals surface area contributed by atoms with Gasteiger partial charge in [-0.25, -0.2) is 4.98 Å². The molecule has 1 aliphatic heterocycles. The smallest absolute Gasteiger partial charge is 0.254 e. The number of amides is 1. The molecule has 0 radical (unpaired) electrons. The van der Waals surface area contributed by atoms with Crippen LogP contribution >= 0.6 is 0 Å². The molecule has 1 saturated heterocycles. The lowest BCUT2D eigenvalue weighted by atomic mass is 9.95. The SMILES string of the molecule is CNc1cc(C(=O)N2CCCCC2CCc2ccc(O)cc2)ccn1. The molecular weight excluding hydrogens is 314 g/mol. The Morgan fingerprint density at radius 1 is 1.28 bits per heavy atom. The van der Waals surface area contributed by atoms with Gasteiger partial charge in [0.2, 0.25) is 0 Å². The quantitative estimate of drug-likeness (QED) is 0.875. The molecule has 1 aromatic heterocycles. The molecule has 132 valence electrons. The Kier molecular flexibility index (Phi) is 5.53. The summed E-state index contributed by atoms with van der Waals surface area (Å²) in [6.07, 6.45) is 6.81. The second-order valence-electron chi connectivity index (χ2n) is 6.53. The monoisotopic (exact) mass is 339 g/mol. The van der Waals surface area contributed by atoms with Gasteiger partial charge in [-0.15, -0.1) is 0 Å². The summed E-state index contributed by atoms with van der Waals surface area (Å²) in [6.45, 7) is 0.816. The third-order valence-corrected chi connectivity index (χ3v) is 4.85. The molecule has 1 atom stereocenters. The van der Waals surface area contributed by atoms with Gasteiger partial charge >= 0.3 is 0 Å². The number of likely N-dealkylation sites (tertiary alicyclic amines) is 1. The molecule has 0 spiro atoms. The molecule has 0 aliphatic carbocycles. The van der Waals surface area contributed by atoms with Crippen LogP contribution in [0, 0.1) is 0 Å². The first kappa shape index (κ1) is 17.3. The molecule has 3 rings (SSSR count). The van der Waals surface area contributed by atoms with Gasteiger partial charge in [-0.3, -0.25) is 4.79 Å². The number of carbonyl (C=O) groups excluding carboxylic acids is 1. The van der Waals surface area contributed by atoms with Crippen molar-refractivity contribution in [2.75, 3.05) is 18.9 Å². The van der Waals surface area contributed by atoms with Crippen molar-refractivity contribution in [3.63, 3.8) is 0 Å². The van der Waals surface area contributed by atoms with Gasteiger partial charge in [0.05, 0.1) is 0 Å². The Bertz CT molecular complexity index is 715. The lowest BCUT2D eigenvalue weighted by molar-refractivity contribution is 0.0602. The van der Waals surface area contributed by atoms with E-state index in [9.17, 15) is 9.90 Å². The molecular formula is C20H25N3O2. The van der Waals surface area contributed by atoms with E-state index >= 15 is 0 Å². The van der Waals surface area contributed by atoms with Gasteiger partial charge in [0.15, 0.2) is 0 Å². The fourth-order valence-corrected chi connectivity index (χ4v) is 3.43. The van der Waals surface area contributed by atoms with Gasteiger partial charge in [0.25, 0.3) is 5.91 Å². The topological polar surface area (TPSA) is 65.5 Å². The number of aromatic hydroxyl groups is 1. The zero-order chi connectivity index (χ0) is 17.6. The largest absolute Gasteiger partial charge is 0.508 e. The van der Waals surface area contributed by atoms with Crippen LogP contribution in [0.25, 0.3) is 0 Å². The van der Waals surface area contributed by atoms with E-state index in [1.165, 1.54) is 12.0 Å². The van der Waals surface area contributed by atoms with E-state index in [4.69, 9.17) is 0 Å². The zero-order valence-corrected chi connectivity index (χ0v) is 14.6. The molecule has 2 aromatic rings. The number of phenolic OH excluding ortho intramolecular Hbond substituents is 1. The third kappa shape index (κ3) is 4.29. The Morgan fingerprint density at radius 3 is 2.84 bits per heavy atom. The second-order valence-corrected chi connectivity index (χ2v) is 6.53. The lowest BCUT2D eigenvalue weighted by Gasteiger charge is -2.36. The fraction of sp³-hybridized carbons (Fsp3) is 0.400. The van der Waals surface area contributed by atoms with E-state index in [1.807, 2.05) is 23.1 Å². The van der Waals surface area contributed by atoms with E-state index < -0.39 is 0 Å². The molecule has 5 heteroatoms. The molecule has 1 amide bonds. The van der Waals surface area contributed by atoms with Crippen LogP contribution in [0.4, 0.5) is 5.82 Å². The minimum absolute atomic E-state index is 0.0920. The molecule has 1 fully saturated rings. The number of nitrogens with one attached hydrogen (secondary N) is 1. The Hall–Kier alpha value is -2.56. The first-order chi connectivity index (χ1) is 12.2. The number of nitrogens with zero attached hydrogens (tertiary/aromatic N) is 2. The van der Waals surface area contributed by atoms with Crippen molar-refractivity contribution in [3.8, 4) is 5.75 Å². The number of carbonyl (C=O) groups is 1. The average molecular weight is 339 g/mol. The molecule has 2 N–H and O–H groups in total. The zero-order valence-electron chi connectivity index (χ0n) is 14.6. The fourth-order valence-electron chi connectivity index (χ4n) is 3.43. The number of rotatable bonds is 5. The summed E-state index contributed by atoms with van der Waals surface area (Å²) >= 11 is 0. The highest BCUT2D eigenvalue weighted by molar-refractivity contribution is 5.95. The molecule has 1 aromatic carbocycles. The van der Waals surface area contributed by atoms with Crippen LogP contribution in [0.15, 0.2) is 42.6 Å². The predicted octanol–water partition coefficient (Wildman–Crippen LogP) is 3.46. The third-order valence-electron chi connectivity index (χ3n) is 4.85. The summed E-state index contributed by atoms with van der Waals surface area (Å²) in [7, 11) is 1.80. The van der Waals surface area contributed by atoms with E-state index in [-0.39, 0.29) is 17.7 Å². The van der Waals surface area contributed by atoms with Gasteiger partial charge in [-0.05, 0) is 61.9 Å². The van der Waals surface area contributed by atoms with Gasteiger partial charge < -0.3 is 15.3 Å². The average Bonchev–Trinajstić information content (AvgIpc) is 2.67. The minimum atomic E-state index is 0.0920. The van der Waals surface area contributed by atoms with Crippen LogP contribution in [0.1, 0.15) is 41.6 Å². The molecule has 1 aliphatic rings. The van der Waals surface area contributed by atoms with Crippen molar-refractivity contribution in [2.45, 2.75) is 38.1 Å². The maximum atomic E-state index is 13.0. The summed E-state index contributed by atoms with van der Waals surface area (Å²) in [5, 5.41) is 12.4. The van der Waals surface area contributed by atoms with E-state index in [0.29, 0.717) is 11.4 Å². The summed E-state index contributed by atoms with van der Waals surface area (Å²) in [6, 6.07) is 11.2. The van der Waals surface area contributed by atoms with E-state index in [2.05, 4.69) is 10.3 Å². The standard InChI is InChI=1S/C20H25N3O2/c1-21-19-14-16(11-12-22-19)20(25)23-13-3-2-4-17(23)8-5-15-6-9-18(24)10-7-15/h6-7,9-12,14,17,24H,2-5,8,13H2,1H3,(H,21,22). The van der Waals surface area contributed by atoms with Gasteiger partial charge in [-0.1, -0.05) is 12.1 Å². The van der Waals surface area contributed by atoms with Gasteiger partial charge in [-0.2, -0.15) is 0 Å². The van der Waals surface area contributed by atoms with Gasteiger partial charge in [0.1, 0.15) is 11.6 Å². The van der Waals surface area contributed by atoms with E-state index in [0.717, 1.165) is 32.2 Å². The second kappa shape index (κ2) is 8.01. The number of pyridine rings is 1. The van der Waals surface area contributed by atoms with Crippen LogP contribution in [-0.4, -0.2) is 40.5 Å². The van der Waals surface area contributed by atoms with Crippen molar-refractivity contribution in [3.05, 3.63) is 53.7 Å². The molecule has 0 bridgehead atoms. The predicted molar refractivity (Wildman–Crippen MR) is 98.9 cm³/mol. The van der Waals surface area contributed by atoms with Crippen LogP contribution in [-0.2, 0) is 6.42 Å². The lowest BCUT2D eigenvalue weighted by Crippen LogP contribution is -2.44. The first-order valence-electron chi connectivity index (χ1n) is 8.90. The number of aryl methyl sites for hydroxylation is 1. The highest BCUT2D eigenvalue weighted by Crippen LogP contribution is 2.24. The van der Waals surface area contributed by atoms with Crippen LogP contribution < -0.4 is 5.32 Å². The minimum Gasteiger partial charge on any atom is -0.508 e. The summed E-state index contributed by atoms with van der Waals surface area (Å²) in [5.41, 5.74) is 1.88. The number of hydrogen-bond donors (Lipinski definition) is 2. The Morgan fingerprint density at radius 2 is 2.08 bits per heavy atom. The Labute approximate surface area is 148 Å². The van der Waals surface area contributed by atoms with E-state index in [1.54, 1.807) is 31.4 Å². The summed E-state index contributed by atoms with van der Waals surface area (Å²) in [4.78, 5) is 19.2. The molecule has 1 unspecified atom stereocenters. The number of anilines is 1. The molecule has 2 heterocycles. The van der Waals surface area contributed by atoms with Crippen molar-refractivity contribution in [1.29, 1.82) is 0 Å². The number of aromatic nitrogens is 1. The maximum Gasteiger partial charge on any atom is 0.254 e. The number of benzene rings is 1. The highest BCUT2D eigenvalue weighted by atomic mass is 16.3. The van der Waals surface area contributed by atoms with Crippen molar-refractivity contribution < 1.29 is 9.90 Å². The normalized spacial score (nSPS) is 17.3. The number of piperidine rings is 1. The number of hydrogen-bond acceptors (Lipinski definition) is 4. The van der Waals surface area contributed by atoms with Crippen LogP contribution in [0.5, 0.6) is 5.75 Å². The van der Waals surface area contributed by atoms with Crippen molar-refractivity contribution in [1.82, 2.24) is 9.88 Å². The molecule has 5 nitrogen and oxygen atoms in total. The highest BCUT2D eigenvalue weighted by Gasteiger charge is 2.27. The van der Waals surface area contributed by atoms with Crippen LogP contribution in [0.3, 0.4) is 0 Å². The van der Waals surface area contributed by atoms with Crippen LogP contribution in [0.2, 0.25) is 0 Å². The summed E-state index contributed by atoms with van der Waals surface area (Å²) in [5.74, 6) is 1.09. The maximum absolute atomic E-state index is 13.0. The molecule has 25 heavy (non-hydrogen) atoms. The Balaban J connectivity index is 1.69. The first-order valence-corrected chi connectivity index (χ1v) is 8.90. The number of phenols is 1. The molecule has 0 saturated carbocycles. The van der Waals surface area contributed by atoms with Gasteiger partial charge in [0, 0.05) is 31.4 Å². The van der Waals surface area contributed by atoms with Crippen molar-refractivity contribution >= 4 is 11.7 Å². The van der Waals surface area contributed by atoms with Crippen molar-refractivity contribution in [2.24, 2.45) is 0 Å².